The third-order valence-corrected chi connectivity index (χ3v) is 3.46. The first-order valence-corrected chi connectivity index (χ1v) is 6.90. The number of rotatable bonds is 4. The molecule has 0 fully saturated rings. The summed E-state index contributed by atoms with van der Waals surface area (Å²) in [5.74, 6) is 0.118. The molecule has 0 spiro atoms. The zero-order valence-corrected chi connectivity index (χ0v) is 11.5. The maximum Gasteiger partial charge on any atom is 0.234 e. The molecule has 4 nitrogen and oxygen atoms in total. The Morgan fingerprint density at radius 1 is 1.37 bits per heavy atom. The van der Waals surface area contributed by atoms with E-state index < -0.39 is 0 Å². The van der Waals surface area contributed by atoms with Crippen molar-refractivity contribution in [3.05, 3.63) is 47.6 Å². The van der Waals surface area contributed by atoms with E-state index in [2.05, 4.69) is 10.3 Å². The van der Waals surface area contributed by atoms with Crippen LogP contribution in [-0.4, -0.2) is 16.6 Å². The summed E-state index contributed by atoms with van der Waals surface area (Å²) in [7, 11) is 0. The minimum absolute atomic E-state index is 0.149. The molecule has 0 saturated carbocycles. The van der Waals surface area contributed by atoms with Crippen LogP contribution < -0.4 is 11.1 Å². The second-order valence-corrected chi connectivity index (χ2v) is 5.17. The fourth-order valence-electron chi connectivity index (χ4n) is 1.40. The molecule has 0 atom stereocenters. The number of aromatic nitrogens is 1. The van der Waals surface area contributed by atoms with Crippen LogP contribution in [0.1, 0.15) is 0 Å². The van der Waals surface area contributed by atoms with Gasteiger partial charge in [-0.2, -0.15) is 0 Å². The lowest BCUT2D eigenvalue weighted by molar-refractivity contribution is -0.113. The summed E-state index contributed by atoms with van der Waals surface area (Å²) in [5.41, 5.74) is 6.77. The molecule has 1 heterocycles. The van der Waals surface area contributed by atoms with E-state index in [1.807, 2.05) is 18.2 Å². The lowest BCUT2D eigenvalue weighted by Crippen LogP contribution is -2.15. The molecule has 0 aliphatic carbocycles. The molecular weight excluding hydrogens is 282 g/mol. The molecule has 0 radical (unpaired) electrons. The number of carbonyl (C=O) groups is 1. The van der Waals surface area contributed by atoms with Crippen molar-refractivity contribution in [1.82, 2.24) is 4.98 Å². The first kappa shape index (κ1) is 13.7. The standard InChI is InChI=1S/C13H12ClN3OS/c14-9-4-5-10(15)11(7-9)17-12(18)8-19-13-3-1-2-6-16-13/h1-7H,8,15H2,(H,17,18). The van der Waals surface area contributed by atoms with E-state index in [0.29, 0.717) is 16.4 Å². The molecule has 0 bridgehead atoms. The SMILES string of the molecule is Nc1ccc(Cl)cc1NC(=O)CSc1ccccn1. The molecular formula is C13H12ClN3OS. The Kier molecular flexibility index (Phi) is 4.65. The highest BCUT2D eigenvalue weighted by atomic mass is 35.5. The van der Waals surface area contributed by atoms with Crippen LogP contribution in [0.5, 0.6) is 0 Å². The van der Waals surface area contributed by atoms with E-state index in [9.17, 15) is 4.79 Å². The Balaban J connectivity index is 1.93. The maximum absolute atomic E-state index is 11.8. The lowest BCUT2D eigenvalue weighted by atomic mass is 10.2. The van der Waals surface area contributed by atoms with Gasteiger partial charge in [0.05, 0.1) is 22.2 Å². The minimum Gasteiger partial charge on any atom is -0.397 e. The molecule has 3 N–H and O–H groups in total. The van der Waals surface area contributed by atoms with Crippen molar-refractivity contribution < 1.29 is 4.79 Å². The number of pyridine rings is 1. The zero-order chi connectivity index (χ0) is 13.7. The van der Waals surface area contributed by atoms with Crippen molar-refractivity contribution in [1.29, 1.82) is 0 Å². The molecule has 1 aromatic heterocycles. The quantitative estimate of drug-likeness (QED) is 0.671. The molecule has 2 rings (SSSR count). The van der Waals surface area contributed by atoms with Gasteiger partial charge in [-0.1, -0.05) is 29.4 Å². The van der Waals surface area contributed by atoms with E-state index in [4.69, 9.17) is 17.3 Å². The summed E-state index contributed by atoms with van der Waals surface area (Å²) < 4.78 is 0. The van der Waals surface area contributed by atoms with Gasteiger partial charge in [-0.3, -0.25) is 4.79 Å². The number of anilines is 2. The lowest BCUT2D eigenvalue weighted by Gasteiger charge is -2.08. The highest BCUT2D eigenvalue weighted by molar-refractivity contribution is 7.99. The van der Waals surface area contributed by atoms with Crippen molar-refractivity contribution in [3.8, 4) is 0 Å². The highest BCUT2D eigenvalue weighted by Crippen LogP contribution is 2.23. The molecule has 1 amide bonds. The van der Waals surface area contributed by atoms with Crippen molar-refractivity contribution in [2.75, 3.05) is 16.8 Å². The zero-order valence-electron chi connectivity index (χ0n) is 9.97. The van der Waals surface area contributed by atoms with Crippen LogP contribution in [0.4, 0.5) is 11.4 Å². The monoisotopic (exact) mass is 293 g/mol. The Morgan fingerprint density at radius 3 is 2.95 bits per heavy atom. The first-order chi connectivity index (χ1) is 9.15. The summed E-state index contributed by atoms with van der Waals surface area (Å²) in [5, 5.41) is 4.06. The first-order valence-electron chi connectivity index (χ1n) is 5.54. The van der Waals surface area contributed by atoms with Crippen molar-refractivity contribution in [2.24, 2.45) is 0 Å². The smallest absolute Gasteiger partial charge is 0.234 e. The van der Waals surface area contributed by atoms with E-state index in [-0.39, 0.29) is 11.7 Å². The number of benzene rings is 1. The van der Waals surface area contributed by atoms with Crippen molar-refractivity contribution >= 4 is 40.6 Å². The number of nitrogens with one attached hydrogen (secondary N) is 1. The summed E-state index contributed by atoms with van der Waals surface area (Å²) in [6, 6.07) is 10.5. The Labute approximate surface area is 120 Å². The van der Waals surface area contributed by atoms with Gasteiger partial charge >= 0.3 is 0 Å². The Hall–Kier alpha value is -1.72. The molecule has 19 heavy (non-hydrogen) atoms. The van der Waals surface area contributed by atoms with Crippen LogP contribution in [0.15, 0.2) is 47.6 Å². The van der Waals surface area contributed by atoms with E-state index in [0.717, 1.165) is 5.03 Å². The fourth-order valence-corrected chi connectivity index (χ4v) is 2.23. The van der Waals surface area contributed by atoms with Gasteiger partial charge in [-0.15, -0.1) is 0 Å². The van der Waals surface area contributed by atoms with Gasteiger partial charge < -0.3 is 11.1 Å². The number of nitrogens with two attached hydrogens (primary N) is 1. The van der Waals surface area contributed by atoms with Crippen LogP contribution in [0.2, 0.25) is 5.02 Å². The van der Waals surface area contributed by atoms with Gasteiger partial charge in [0.15, 0.2) is 0 Å². The van der Waals surface area contributed by atoms with Crippen LogP contribution in [0.25, 0.3) is 0 Å². The second-order valence-electron chi connectivity index (χ2n) is 3.74. The molecule has 98 valence electrons. The number of carbonyl (C=O) groups excluding carboxylic acids is 1. The normalized spacial score (nSPS) is 10.2. The molecule has 0 aliphatic rings. The third kappa shape index (κ3) is 4.15. The molecule has 1 aromatic carbocycles. The average molecular weight is 294 g/mol. The van der Waals surface area contributed by atoms with Gasteiger partial charge in [0.25, 0.3) is 0 Å². The molecule has 0 unspecified atom stereocenters. The number of hydrogen-bond acceptors (Lipinski definition) is 4. The number of amides is 1. The van der Waals surface area contributed by atoms with Crippen molar-refractivity contribution in [3.63, 3.8) is 0 Å². The highest BCUT2D eigenvalue weighted by Gasteiger charge is 2.07. The number of thioether (sulfide) groups is 1. The summed E-state index contributed by atoms with van der Waals surface area (Å²) in [6.45, 7) is 0. The van der Waals surface area contributed by atoms with Crippen LogP contribution in [0.3, 0.4) is 0 Å². The summed E-state index contributed by atoms with van der Waals surface area (Å²) in [4.78, 5) is 15.9. The van der Waals surface area contributed by atoms with Gasteiger partial charge in [0.2, 0.25) is 5.91 Å². The van der Waals surface area contributed by atoms with Gasteiger partial charge in [-0.05, 0) is 30.3 Å². The van der Waals surface area contributed by atoms with E-state index in [1.165, 1.54) is 11.8 Å². The Bertz CT molecular complexity index is 577. The molecule has 2 aromatic rings. The summed E-state index contributed by atoms with van der Waals surface area (Å²) in [6.07, 6.45) is 1.69. The van der Waals surface area contributed by atoms with E-state index >= 15 is 0 Å². The maximum atomic E-state index is 11.8. The topological polar surface area (TPSA) is 68.0 Å². The number of nitrogens with zero attached hydrogens (tertiary/aromatic N) is 1. The summed E-state index contributed by atoms with van der Waals surface area (Å²) >= 11 is 7.21. The second kappa shape index (κ2) is 6.45. The third-order valence-electron chi connectivity index (χ3n) is 2.28. The van der Waals surface area contributed by atoms with Crippen LogP contribution >= 0.6 is 23.4 Å². The van der Waals surface area contributed by atoms with Gasteiger partial charge in [0.1, 0.15) is 0 Å². The van der Waals surface area contributed by atoms with Crippen LogP contribution in [0, 0.1) is 0 Å². The molecule has 0 aliphatic heterocycles. The van der Waals surface area contributed by atoms with Gasteiger partial charge in [0, 0.05) is 11.2 Å². The number of halogens is 1. The predicted octanol–water partition coefficient (Wildman–Crippen LogP) is 3.05. The average Bonchev–Trinajstić information content (AvgIpc) is 2.42. The molecule has 6 heteroatoms. The van der Waals surface area contributed by atoms with Crippen molar-refractivity contribution in [2.45, 2.75) is 5.03 Å². The minimum atomic E-state index is -0.149. The largest absolute Gasteiger partial charge is 0.397 e. The predicted molar refractivity (Wildman–Crippen MR) is 79.5 cm³/mol. The number of nitrogen functional groups attached to an aromatic ring is 1. The van der Waals surface area contributed by atoms with Crippen LogP contribution in [-0.2, 0) is 4.79 Å². The van der Waals surface area contributed by atoms with E-state index in [1.54, 1.807) is 24.4 Å². The Morgan fingerprint density at radius 2 is 2.21 bits per heavy atom. The van der Waals surface area contributed by atoms with Gasteiger partial charge in [-0.25, -0.2) is 4.98 Å². The molecule has 0 saturated heterocycles. The number of hydrogen-bond donors (Lipinski definition) is 2. The fraction of sp³-hybridized carbons (Fsp3) is 0.0769.